The Morgan fingerprint density at radius 1 is 1.04 bits per heavy atom. The van der Waals surface area contributed by atoms with Crippen LogP contribution in [0.15, 0.2) is 36.4 Å². The van der Waals surface area contributed by atoms with Gasteiger partial charge in [0.15, 0.2) is 0 Å². The van der Waals surface area contributed by atoms with E-state index in [2.05, 4.69) is 5.32 Å². The number of carbonyl (C=O) groups excluding carboxylic acids is 3. The van der Waals surface area contributed by atoms with E-state index >= 15 is 0 Å². The number of fused-ring (bicyclic) bond motifs is 2. The molecule has 2 amide bonds. The van der Waals surface area contributed by atoms with Crippen LogP contribution in [0.4, 0.5) is 11.4 Å². The van der Waals surface area contributed by atoms with Gasteiger partial charge >= 0.3 is 0 Å². The molecule has 23 heavy (non-hydrogen) atoms. The molecular formula is C18H14N2O3. The summed E-state index contributed by atoms with van der Waals surface area (Å²) in [6.45, 7) is 0. The second kappa shape index (κ2) is 4.78. The largest absolute Gasteiger partial charge is 0.326 e. The number of Topliss-reactive ketones (excluding diaryl/α,β-unsaturated/α-hetero) is 1. The Balaban J connectivity index is 1.64. The zero-order valence-electron chi connectivity index (χ0n) is 12.6. The van der Waals surface area contributed by atoms with Crippen LogP contribution < -0.4 is 10.2 Å². The second-order valence-electron chi connectivity index (χ2n) is 5.94. The Morgan fingerprint density at radius 2 is 1.78 bits per heavy atom. The van der Waals surface area contributed by atoms with E-state index in [0.717, 1.165) is 22.4 Å². The monoisotopic (exact) mass is 306 g/mol. The summed E-state index contributed by atoms with van der Waals surface area (Å²) in [5.74, 6) is -0.922. The van der Waals surface area contributed by atoms with Gasteiger partial charge in [0.2, 0.25) is 5.91 Å². The van der Waals surface area contributed by atoms with Gasteiger partial charge in [-0.05, 0) is 41.3 Å². The number of amides is 2. The quantitative estimate of drug-likeness (QED) is 0.862. The van der Waals surface area contributed by atoms with Crippen LogP contribution in [0.5, 0.6) is 0 Å². The number of carbonyl (C=O) groups is 3. The van der Waals surface area contributed by atoms with Gasteiger partial charge in [0, 0.05) is 12.7 Å². The summed E-state index contributed by atoms with van der Waals surface area (Å²) >= 11 is 0. The molecule has 2 aliphatic rings. The molecule has 0 spiro atoms. The van der Waals surface area contributed by atoms with E-state index in [0.29, 0.717) is 24.1 Å². The van der Waals surface area contributed by atoms with Crippen molar-refractivity contribution in [1.82, 2.24) is 0 Å². The van der Waals surface area contributed by atoms with Gasteiger partial charge in [-0.25, -0.2) is 0 Å². The van der Waals surface area contributed by atoms with Gasteiger partial charge < -0.3 is 10.2 Å². The minimum Gasteiger partial charge on any atom is -0.326 e. The Kier molecular flexibility index (Phi) is 2.84. The molecule has 0 aliphatic carbocycles. The second-order valence-corrected chi connectivity index (χ2v) is 5.94. The third-order valence-electron chi connectivity index (χ3n) is 4.37. The number of nitrogens with zero attached hydrogens (tertiary/aromatic N) is 1. The summed E-state index contributed by atoms with van der Waals surface area (Å²) in [5, 5.41) is 2.81. The maximum absolute atomic E-state index is 12.0. The fourth-order valence-electron chi connectivity index (χ4n) is 3.17. The minimum atomic E-state index is -0.487. The molecule has 0 radical (unpaired) electrons. The van der Waals surface area contributed by atoms with Gasteiger partial charge in [0.25, 0.3) is 11.7 Å². The normalized spacial score (nSPS) is 15.7. The highest BCUT2D eigenvalue weighted by atomic mass is 16.2. The lowest BCUT2D eigenvalue weighted by molar-refractivity contribution is -0.115. The van der Waals surface area contributed by atoms with Crippen molar-refractivity contribution in [2.24, 2.45) is 0 Å². The SMILES string of the molecule is CN1C(=O)C(=O)c2cc(Cc3ccc4c(c3)CC(=O)N4)ccc21. The number of anilines is 2. The highest BCUT2D eigenvalue weighted by molar-refractivity contribution is 6.52. The molecule has 4 rings (SSSR count). The first-order chi connectivity index (χ1) is 11.0. The smallest absolute Gasteiger partial charge is 0.299 e. The fourth-order valence-corrected chi connectivity index (χ4v) is 3.17. The summed E-state index contributed by atoms with van der Waals surface area (Å²) in [6.07, 6.45) is 1.06. The third-order valence-corrected chi connectivity index (χ3v) is 4.37. The summed E-state index contributed by atoms with van der Waals surface area (Å²) in [4.78, 5) is 36.5. The molecule has 0 atom stereocenters. The van der Waals surface area contributed by atoms with Crippen molar-refractivity contribution < 1.29 is 14.4 Å². The number of hydrogen-bond acceptors (Lipinski definition) is 3. The van der Waals surface area contributed by atoms with Crippen molar-refractivity contribution in [3.63, 3.8) is 0 Å². The molecule has 2 aromatic rings. The van der Waals surface area contributed by atoms with Crippen LogP contribution in [0.25, 0.3) is 0 Å². The lowest BCUT2D eigenvalue weighted by atomic mass is 9.99. The molecule has 2 heterocycles. The zero-order valence-corrected chi connectivity index (χ0v) is 12.6. The van der Waals surface area contributed by atoms with Gasteiger partial charge in [-0.1, -0.05) is 18.2 Å². The van der Waals surface area contributed by atoms with Crippen LogP contribution in [0.2, 0.25) is 0 Å². The van der Waals surface area contributed by atoms with Crippen LogP contribution in [0.3, 0.4) is 0 Å². The van der Waals surface area contributed by atoms with Gasteiger partial charge in [-0.15, -0.1) is 0 Å². The molecule has 2 aliphatic heterocycles. The molecule has 0 saturated carbocycles. The van der Waals surface area contributed by atoms with Crippen molar-refractivity contribution in [2.45, 2.75) is 12.8 Å². The van der Waals surface area contributed by atoms with E-state index in [1.165, 1.54) is 4.90 Å². The van der Waals surface area contributed by atoms with Crippen molar-refractivity contribution in [3.05, 3.63) is 58.7 Å². The Hall–Kier alpha value is -2.95. The standard InChI is InChI=1S/C18H14N2O3/c1-20-15-5-3-11(8-13(15)17(22)18(20)23)6-10-2-4-14-12(7-10)9-16(21)19-14/h2-5,7-8H,6,9H2,1H3,(H,19,21). The Morgan fingerprint density at radius 3 is 2.61 bits per heavy atom. The topological polar surface area (TPSA) is 66.5 Å². The molecule has 0 saturated heterocycles. The van der Waals surface area contributed by atoms with Crippen molar-refractivity contribution >= 4 is 29.0 Å². The van der Waals surface area contributed by atoms with Crippen molar-refractivity contribution in [2.75, 3.05) is 17.3 Å². The lowest BCUT2D eigenvalue weighted by Crippen LogP contribution is -2.24. The average molecular weight is 306 g/mol. The van der Waals surface area contributed by atoms with E-state index in [1.54, 1.807) is 13.1 Å². The molecule has 5 heteroatoms. The lowest BCUT2D eigenvalue weighted by Gasteiger charge is -2.10. The first kappa shape index (κ1) is 13.7. The van der Waals surface area contributed by atoms with Gasteiger partial charge in [0.05, 0.1) is 17.7 Å². The molecule has 114 valence electrons. The number of ketones is 1. The first-order valence-corrected chi connectivity index (χ1v) is 7.40. The average Bonchev–Trinajstić information content (AvgIpc) is 3.00. The molecule has 1 N–H and O–H groups in total. The number of likely N-dealkylation sites (N-methyl/N-ethyl adjacent to an activating group) is 1. The Labute approximate surface area is 132 Å². The van der Waals surface area contributed by atoms with Crippen molar-refractivity contribution in [1.29, 1.82) is 0 Å². The predicted octanol–water partition coefficient (Wildman–Crippen LogP) is 1.93. The number of nitrogens with one attached hydrogen (secondary N) is 1. The number of benzene rings is 2. The van der Waals surface area contributed by atoms with E-state index in [4.69, 9.17) is 0 Å². The van der Waals surface area contributed by atoms with Crippen LogP contribution >= 0.6 is 0 Å². The minimum absolute atomic E-state index is 0.0156. The van der Waals surface area contributed by atoms with E-state index in [-0.39, 0.29) is 5.91 Å². The summed E-state index contributed by atoms with van der Waals surface area (Å²) in [5.41, 5.74) is 5.04. The van der Waals surface area contributed by atoms with Crippen LogP contribution in [-0.2, 0) is 22.4 Å². The number of hydrogen-bond donors (Lipinski definition) is 1. The fraction of sp³-hybridized carbons (Fsp3) is 0.167. The highest BCUT2D eigenvalue weighted by Gasteiger charge is 2.33. The molecule has 0 fully saturated rings. The molecule has 2 aromatic carbocycles. The summed E-state index contributed by atoms with van der Waals surface area (Å²) in [7, 11) is 1.61. The first-order valence-electron chi connectivity index (χ1n) is 7.40. The summed E-state index contributed by atoms with van der Waals surface area (Å²) in [6, 6.07) is 11.4. The highest BCUT2D eigenvalue weighted by Crippen LogP contribution is 2.30. The molecule has 0 bridgehead atoms. The van der Waals surface area contributed by atoms with Gasteiger partial charge in [0.1, 0.15) is 0 Å². The van der Waals surface area contributed by atoms with Crippen LogP contribution in [-0.4, -0.2) is 24.6 Å². The van der Waals surface area contributed by atoms with Gasteiger partial charge in [-0.2, -0.15) is 0 Å². The molecular weight excluding hydrogens is 292 g/mol. The van der Waals surface area contributed by atoms with E-state index in [9.17, 15) is 14.4 Å². The molecule has 5 nitrogen and oxygen atoms in total. The van der Waals surface area contributed by atoms with E-state index in [1.807, 2.05) is 30.3 Å². The summed E-state index contributed by atoms with van der Waals surface area (Å²) < 4.78 is 0. The van der Waals surface area contributed by atoms with Crippen LogP contribution in [0, 0.1) is 0 Å². The van der Waals surface area contributed by atoms with Crippen LogP contribution in [0.1, 0.15) is 27.0 Å². The van der Waals surface area contributed by atoms with Gasteiger partial charge in [-0.3, -0.25) is 14.4 Å². The maximum Gasteiger partial charge on any atom is 0.299 e. The molecule has 0 unspecified atom stereocenters. The zero-order chi connectivity index (χ0) is 16.1. The number of rotatable bonds is 2. The Bertz CT molecular complexity index is 886. The van der Waals surface area contributed by atoms with E-state index < -0.39 is 11.7 Å². The van der Waals surface area contributed by atoms with Crippen molar-refractivity contribution in [3.8, 4) is 0 Å². The third kappa shape index (κ3) is 2.12. The molecule has 0 aromatic heterocycles. The predicted molar refractivity (Wildman–Crippen MR) is 85.8 cm³/mol. The maximum atomic E-state index is 12.0.